The van der Waals surface area contributed by atoms with Gasteiger partial charge in [-0.3, -0.25) is 14.2 Å². The van der Waals surface area contributed by atoms with Gasteiger partial charge in [-0.25, -0.2) is 9.79 Å². The molecule has 8 nitrogen and oxygen atoms in total. The van der Waals surface area contributed by atoms with E-state index in [1.807, 2.05) is 12.1 Å². The lowest BCUT2D eigenvalue weighted by Gasteiger charge is -2.24. The van der Waals surface area contributed by atoms with Crippen molar-refractivity contribution in [2.45, 2.75) is 26.8 Å². The standard InChI is InChI=1S/C26H23BrN2O6S/c1-5-34-25(32)22-14(2)28-26-29(23(22)16-6-9-19(33-4)10-7-16)24(31)21(36-26)13-17-12-18(27)8-11-20(17)35-15(3)30/h6-13,23H,5H2,1-4H3/b21-13+. The summed E-state index contributed by atoms with van der Waals surface area (Å²) in [5.74, 6) is -0.0237. The Morgan fingerprint density at radius 1 is 1.19 bits per heavy atom. The molecule has 0 saturated carbocycles. The predicted octanol–water partition coefficient (Wildman–Crippen LogP) is 3.49. The van der Waals surface area contributed by atoms with E-state index >= 15 is 0 Å². The van der Waals surface area contributed by atoms with Gasteiger partial charge in [0, 0.05) is 17.0 Å². The van der Waals surface area contributed by atoms with E-state index in [2.05, 4.69) is 20.9 Å². The molecule has 0 saturated heterocycles. The molecule has 0 bridgehead atoms. The number of hydrogen-bond donors (Lipinski definition) is 0. The molecule has 1 unspecified atom stereocenters. The molecule has 0 N–H and O–H groups in total. The summed E-state index contributed by atoms with van der Waals surface area (Å²) in [6.45, 7) is 4.96. The maximum Gasteiger partial charge on any atom is 0.338 e. The number of carbonyl (C=O) groups is 2. The minimum Gasteiger partial charge on any atom is -0.497 e. The van der Waals surface area contributed by atoms with Gasteiger partial charge < -0.3 is 14.2 Å². The molecule has 186 valence electrons. The van der Waals surface area contributed by atoms with Crippen molar-refractivity contribution < 1.29 is 23.8 Å². The van der Waals surface area contributed by atoms with Gasteiger partial charge in [0.15, 0.2) is 4.80 Å². The average molecular weight is 571 g/mol. The molecule has 0 fully saturated rings. The fourth-order valence-electron chi connectivity index (χ4n) is 3.91. The second-order valence-electron chi connectivity index (χ2n) is 7.85. The van der Waals surface area contributed by atoms with Crippen molar-refractivity contribution in [3.63, 3.8) is 0 Å². The number of thiazole rings is 1. The third-order valence-corrected chi connectivity index (χ3v) is 6.94. The van der Waals surface area contributed by atoms with Gasteiger partial charge in [-0.15, -0.1) is 0 Å². The van der Waals surface area contributed by atoms with Crippen LogP contribution in [0.4, 0.5) is 0 Å². The zero-order valence-corrected chi connectivity index (χ0v) is 22.4. The number of ether oxygens (including phenoxy) is 3. The Morgan fingerprint density at radius 3 is 2.56 bits per heavy atom. The Morgan fingerprint density at radius 2 is 1.92 bits per heavy atom. The van der Waals surface area contributed by atoms with Gasteiger partial charge in [0.25, 0.3) is 5.56 Å². The van der Waals surface area contributed by atoms with Crippen LogP contribution in [0.25, 0.3) is 6.08 Å². The summed E-state index contributed by atoms with van der Waals surface area (Å²) >= 11 is 4.61. The molecular weight excluding hydrogens is 548 g/mol. The van der Waals surface area contributed by atoms with Crippen LogP contribution in [0.3, 0.4) is 0 Å². The number of benzene rings is 2. The van der Waals surface area contributed by atoms with Gasteiger partial charge in [0.05, 0.1) is 35.6 Å². The Balaban J connectivity index is 1.95. The highest BCUT2D eigenvalue weighted by Crippen LogP contribution is 2.31. The Labute approximate surface area is 219 Å². The molecule has 3 aromatic rings. The number of nitrogens with zero attached hydrogens (tertiary/aromatic N) is 2. The second-order valence-corrected chi connectivity index (χ2v) is 9.78. The van der Waals surface area contributed by atoms with Gasteiger partial charge >= 0.3 is 11.9 Å². The van der Waals surface area contributed by atoms with Crippen LogP contribution in [0.2, 0.25) is 0 Å². The molecule has 0 radical (unpaired) electrons. The molecule has 1 aromatic heterocycles. The van der Waals surface area contributed by atoms with Gasteiger partial charge in [0.2, 0.25) is 0 Å². The molecule has 1 aliphatic heterocycles. The van der Waals surface area contributed by atoms with Crippen LogP contribution >= 0.6 is 27.3 Å². The first-order chi connectivity index (χ1) is 17.2. The first-order valence-electron chi connectivity index (χ1n) is 11.0. The quantitative estimate of drug-likeness (QED) is 0.332. The normalized spacial score (nSPS) is 15.2. The number of halogens is 1. The monoisotopic (exact) mass is 570 g/mol. The van der Waals surface area contributed by atoms with E-state index in [9.17, 15) is 14.4 Å². The summed E-state index contributed by atoms with van der Waals surface area (Å²) in [7, 11) is 1.57. The number of hydrogen-bond acceptors (Lipinski definition) is 8. The number of esters is 2. The van der Waals surface area contributed by atoms with Crippen molar-refractivity contribution in [1.29, 1.82) is 0 Å². The van der Waals surface area contributed by atoms with Crippen LogP contribution in [0, 0.1) is 0 Å². The third-order valence-electron chi connectivity index (χ3n) is 5.46. The van der Waals surface area contributed by atoms with Crippen LogP contribution < -0.4 is 24.4 Å². The van der Waals surface area contributed by atoms with Gasteiger partial charge in [-0.2, -0.15) is 0 Å². The van der Waals surface area contributed by atoms with Crippen molar-refractivity contribution >= 4 is 45.3 Å². The largest absolute Gasteiger partial charge is 0.497 e. The summed E-state index contributed by atoms with van der Waals surface area (Å²) in [4.78, 5) is 43.3. The molecule has 36 heavy (non-hydrogen) atoms. The van der Waals surface area contributed by atoms with Gasteiger partial charge in [0.1, 0.15) is 11.5 Å². The van der Waals surface area contributed by atoms with Crippen LogP contribution in [-0.4, -0.2) is 30.2 Å². The second kappa shape index (κ2) is 10.6. The molecular formula is C26H23BrN2O6S. The lowest BCUT2D eigenvalue weighted by molar-refractivity contribution is -0.139. The highest BCUT2D eigenvalue weighted by molar-refractivity contribution is 9.10. The Kier molecular flexibility index (Phi) is 7.56. The number of allylic oxidation sites excluding steroid dienone is 1. The summed E-state index contributed by atoms with van der Waals surface area (Å²) in [6.07, 6.45) is 1.65. The van der Waals surface area contributed by atoms with Gasteiger partial charge in [-0.05, 0) is 55.8 Å². The van der Waals surface area contributed by atoms with Crippen LogP contribution in [0.5, 0.6) is 11.5 Å². The molecule has 1 atom stereocenters. The maximum absolute atomic E-state index is 13.7. The fraction of sp³-hybridized carbons (Fsp3) is 0.231. The van der Waals surface area contributed by atoms with E-state index in [-0.39, 0.29) is 12.2 Å². The summed E-state index contributed by atoms with van der Waals surface area (Å²) in [6, 6.07) is 11.6. The van der Waals surface area contributed by atoms with E-state index < -0.39 is 18.0 Å². The smallest absolute Gasteiger partial charge is 0.338 e. The van der Waals surface area contributed by atoms with E-state index in [0.717, 1.165) is 4.47 Å². The lowest BCUT2D eigenvalue weighted by Crippen LogP contribution is -2.39. The number of rotatable bonds is 6. The average Bonchev–Trinajstić information content (AvgIpc) is 3.14. The van der Waals surface area contributed by atoms with Crippen molar-refractivity contribution in [2.75, 3.05) is 13.7 Å². The van der Waals surface area contributed by atoms with Crippen LogP contribution in [0.15, 0.2) is 68.0 Å². The SMILES string of the molecule is CCOC(=O)C1=C(C)N=c2s/c(=C/c3cc(Br)ccc3OC(C)=O)c(=O)n2C1c1ccc(OC)cc1. The zero-order chi connectivity index (χ0) is 26.0. The summed E-state index contributed by atoms with van der Waals surface area (Å²) in [5.41, 5.74) is 1.70. The van der Waals surface area contributed by atoms with E-state index in [4.69, 9.17) is 14.2 Å². The Bertz CT molecular complexity index is 1550. The number of aromatic nitrogens is 1. The summed E-state index contributed by atoms with van der Waals surface area (Å²) < 4.78 is 18.5. The highest BCUT2D eigenvalue weighted by atomic mass is 79.9. The fourth-order valence-corrected chi connectivity index (χ4v) is 5.33. The molecule has 0 amide bonds. The molecule has 2 aromatic carbocycles. The predicted molar refractivity (Wildman–Crippen MR) is 139 cm³/mol. The van der Waals surface area contributed by atoms with E-state index in [0.29, 0.717) is 43.2 Å². The van der Waals surface area contributed by atoms with Crippen molar-refractivity contribution in [1.82, 2.24) is 4.57 Å². The molecule has 1 aliphatic rings. The Hall–Kier alpha value is -3.50. The maximum atomic E-state index is 13.7. The topological polar surface area (TPSA) is 96.2 Å². The number of carbonyl (C=O) groups excluding carboxylic acids is 2. The van der Waals surface area contributed by atoms with E-state index in [1.165, 1.54) is 22.8 Å². The number of fused-ring (bicyclic) bond motifs is 1. The first kappa shape index (κ1) is 25.6. The van der Waals surface area contributed by atoms with E-state index in [1.54, 1.807) is 57.4 Å². The molecule has 4 rings (SSSR count). The highest BCUT2D eigenvalue weighted by Gasteiger charge is 2.33. The lowest BCUT2D eigenvalue weighted by atomic mass is 9.96. The minimum absolute atomic E-state index is 0.192. The van der Waals surface area contributed by atoms with Gasteiger partial charge in [-0.1, -0.05) is 39.4 Å². The molecule has 0 aliphatic carbocycles. The van der Waals surface area contributed by atoms with Crippen LogP contribution in [-0.2, 0) is 14.3 Å². The molecule has 10 heteroatoms. The zero-order valence-electron chi connectivity index (χ0n) is 20.0. The number of methoxy groups -OCH3 is 1. The van der Waals surface area contributed by atoms with Crippen molar-refractivity contribution in [3.05, 3.63) is 89.0 Å². The third kappa shape index (κ3) is 5.05. The molecule has 0 spiro atoms. The van der Waals surface area contributed by atoms with Crippen molar-refractivity contribution in [3.8, 4) is 11.5 Å². The minimum atomic E-state index is -0.733. The summed E-state index contributed by atoms with van der Waals surface area (Å²) in [5, 5.41) is 0. The van der Waals surface area contributed by atoms with Crippen molar-refractivity contribution in [2.24, 2.45) is 4.99 Å². The first-order valence-corrected chi connectivity index (χ1v) is 12.7. The molecule has 2 heterocycles. The van der Waals surface area contributed by atoms with Crippen LogP contribution in [0.1, 0.15) is 37.9 Å².